The number of amides is 1. The molecule has 0 spiro atoms. The lowest BCUT2D eigenvalue weighted by atomic mass is 10.1. The standard InChI is InChI=1S/C11H12F3NO2/c1-7(17-2)10(16)15-9-6-4-3-5-8(9)11(12,13)14/h3-7H,1-2H3,(H,15,16). The number of halogens is 3. The molecule has 1 unspecified atom stereocenters. The Morgan fingerprint density at radius 2 is 1.94 bits per heavy atom. The van der Waals surface area contributed by atoms with Crippen LogP contribution in [-0.4, -0.2) is 19.1 Å². The molecule has 1 aromatic carbocycles. The Labute approximate surface area is 96.6 Å². The third kappa shape index (κ3) is 3.45. The van der Waals surface area contributed by atoms with Gasteiger partial charge in [0.25, 0.3) is 5.91 Å². The molecule has 0 saturated carbocycles. The van der Waals surface area contributed by atoms with Gasteiger partial charge in [0.1, 0.15) is 6.10 Å². The molecule has 0 heterocycles. The minimum Gasteiger partial charge on any atom is -0.372 e. The van der Waals surface area contributed by atoms with Crippen LogP contribution in [0.4, 0.5) is 18.9 Å². The first-order chi connectivity index (χ1) is 7.86. The van der Waals surface area contributed by atoms with Gasteiger partial charge in [-0.05, 0) is 19.1 Å². The highest BCUT2D eigenvalue weighted by atomic mass is 19.4. The van der Waals surface area contributed by atoms with E-state index in [9.17, 15) is 18.0 Å². The van der Waals surface area contributed by atoms with E-state index in [1.165, 1.54) is 32.2 Å². The van der Waals surface area contributed by atoms with Crippen molar-refractivity contribution in [1.82, 2.24) is 0 Å². The zero-order valence-electron chi connectivity index (χ0n) is 9.34. The van der Waals surface area contributed by atoms with Crippen LogP contribution < -0.4 is 5.32 Å². The number of ether oxygens (including phenoxy) is 1. The summed E-state index contributed by atoms with van der Waals surface area (Å²) in [5.41, 5.74) is -1.15. The highest BCUT2D eigenvalue weighted by molar-refractivity contribution is 5.94. The number of carbonyl (C=O) groups excluding carboxylic acids is 1. The van der Waals surface area contributed by atoms with Gasteiger partial charge in [-0.1, -0.05) is 12.1 Å². The van der Waals surface area contributed by atoms with Crippen molar-refractivity contribution in [1.29, 1.82) is 0 Å². The van der Waals surface area contributed by atoms with Crippen molar-refractivity contribution in [2.24, 2.45) is 0 Å². The Hall–Kier alpha value is -1.56. The Bertz CT molecular complexity index is 404. The Morgan fingerprint density at radius 3 is 2.47 bits per heavy atom. The zero-order chi connectivity index (χ0) is 13.1. The first-order valence-electron chi connectivity index (χ1n) is 4.86. The van der Waals surface area contributed by atoms with Crippen LogP contribution in [0.2, 0.25) is 0 Å². The summed E-state index contributed by atoms with van der Waals surface area (Å²) >= 11 is 0. The van der Waals surface area contributed by atoms with Crippen LogP contribution in [-0.2, 0) is 15.7 Å². The maximum atomic E-state index is 12.6. The van der Waals surface area contributed by atoms with Crippen LogP contribution in [0.3, 0.4) is 0 Å². The lowest BCUT2D eigenvalue weighted by Gasteiger charge is -2.15. The molecule has 6 heteroatoms. The van der Waals surface area contributed by atoms with Gasteiger partial charge in [-0.25, -0.2) is 0 Å². The van der Waals surface area contributed by atoms with E-state index in [4.69, 9.17) is 4.74 Å². The van der Waals surface area contributed by atoms with E-state index in [2.05, 4.69) is 5.32 Å². The van der Waals surface area contributed by atoms with Crippen molar-refractivity contribution < 1.29 is 22.7 Å². The topological polar surface area (TPSA) is 38.3 Å². The number of rotatable bonds is 3. The fraction of sp³-hybridized carbons (Fsp3) is 0.364. The minimum atomic E-state index is -4.50. The van der Waals surface area contributed by atoms with Crippen LogP contribution in [0.25, 0.3) is 0 Å². The van der Waals surface area contributed by atoms with Crippen LogP contribution in [0.15, 0.2) is 24.3 Å². The predicted octanol–water partition coefficient (Wildman–Crippen LogP) is 2.68. The second-order valence-electron chi connectivity index (χ2n) is 3.41. The van der Waals surface area contributed by atoms with Gasteiger partial charge in [-0.2, -0.15) is 13.2 Å². The van der Waals surface area contributed by atoms with Crippen LogP contribution >= 0.6 is 0 Å². The van der Waals surface area contributed by atoms with Gasteiger partial charge in [-0.3, -0.25) is 4.79 Å². The number of anilines is 1. The van der Waals surface area contributed by atoms with Crippen molar-refractivity contribution in [3.8, 4) is 0 Å². The normalized spacial score (nSPS) is 13.2. The molecule has 17 heavy (non-hydrogen) atoms. The number of para-hydroxylation sites is 1. The number of hydrogen-bond donors (Lipinski definition) is 1. The average molecular weight is 247 g/mol. The third-order valence-corrected chi connectivity index (χ3v) is 2.21. The fourth-order valence-corrected chi connectivity index (χ4v) is 1.18. The summed E-state index contributed by atoms with van der Waals surface area (Å²) < 4.78 is 42.5. The number of alkyl halides is 3. The van der Waals surface area contributed by atoms with E-state index in [1.54, 1.807) is 0 Å². The lowest BCUT2D eigenvalue weighted by molar-refractivity contribution is -0.137. The van der Waals surface area contributed by atoms with Gasteiger partial charge in [0, 0.05) is 7.11 Å². The van der Waals surface area contributed by atoms with Crippen LogP contribution in [0.5, 0.6) is 0 Å². The summed E-state index contributed by atoms with van der Waals surface area (Å²) in [4.78, 5) is 11.4. The largest absolute Gasteiger partial charge is 0.418 e. The third-order valence-electron chi connectivity index (χ3n) is 2.21. The Balaban J connectivity index is 2.96. The minimum absolute atomic E-state index is 0.270. The molecule has 1 N–H and O–H groups in total. The molecule has 0 aliphatic heterocycles. The summed E-state index contributed by atoms with van der Waals surface area (Å²) in [7, 11) is 1.31. The molecule has 0 bridgehead atoms. The maximum Gasteiger partial charge on any atom is 0.418 e. The van der Waals surface area contributed by atoms with Crippen LogP contribution in [0, 0.1) is 0 Å². The first kappa shape index (κ1) is 13.5. The number of nitrogens with one attached hydrogen (secondary N) is 1. The number of methoxy groups -OCH3 is 1. The molecule has 0 saturated heterocycles. The lowest BCUT2D eigenvalue weighted by Crippen LogP contribution is -2.27. The summed E-state index contributed by atoms with van der Waals surface area (Å²) in [5.74, 6) is -0.621. The van der Waals surface area contributed by atoms with E-state index in [0.29, 0.717) is 0 Å². The van der Waals surface area contributed by atoms with E-state index >= 15 is 0 Å². The molecule has 1 atom stereocenters. The van der Waals surface area contributed by atoms with Crippen molar-refractivity contribution in [2.45, 2.75) is 19.2 Å². The summed E-state index contributed by atoms with van der Waals surface area (Å²) in [5, 5.41) is 2.18. The second-order valence-corrected chi connectivity index (χ2v) is 3.41. The first-order valence-corrected chi connectivity index (χ1v) is 4.86. The number of carbonyl (C=O) groups is 1. The van der Waals surface area contributed by atoms with Crippen LogP contribution in [0.1, 0.15) is 12.5 Å². The van der Waals surface area contributed by atoms with E-state index in [-0.39, 0.29) is 5.69 Å². The van der Waals surface area contributed by atoms with Crippen molar-refractivity contribution >= 4 is 11.6 Å². The highest BCUT2D eigenvalue weighted by Gasteiger charge is 2.33. The zero-order valence-corrected chi connectivity index (χ0v) is 9.34. The SMILES string of the molecule is COC(C)C(=O)Nc1ccccc1C(F)(F)F. The molecule has 3 nitrogen and oxygen atoms in total. The Morgan fingerprint density at radius 1 is 1.35 bits per heavy atom. The molecular weight excluding hydrogens is 235 g/mol. The molecular formula is C11H12F3NO2. The molecule has 1 rings (SSSR count). The second kappa shape index (κ2) is 5.18. The summed E-state index contributed by atoms with van der Waals surface area (Å²) in [6.07, 6.45) is -5.31. The molecule has 0 fully saturated rings. The molecule has 1 amide bonds. The summed E-state index contributed by atoms with van der Waals surface area (Å²) in [6.45, 7) is 1.45. The average Bonchev–Trinajstić information content (AvgIpc) is 2.27. The van der Waals surface area contributed by atoms with Gasteiger partial charge in [0.15, 0.2) is 0 Å². The monoisotopic (exact) mass is 247 g/mol. The summed E-state index contributed by atoms with van der Waals surface area (Å²) in [6, 6.07) is 4.79. The molecule has 0 aliphatic carbocycles. The molecule has 1 aromatic rings. The van der Waals surface area contributed by atoms with Crippen molar-refractivity contribution in [3.05, 3.63) is 29.8 Å². The van der Waals surface area contributed by atoms with E-state index in [0.717, 1.165) is 6.07 Å². The molecule has 0 radical (unpaired) electrons. The van der Waals surface area contributed by atoms with Crippen molar-refractivity contribution in [2.75, 3.05) is 12.4 Å². The quantitative estimate of drug-likeness (QED) is 0.891. The Kier molecular flexibility index (Phi) is 4.11. The molecule has 0 aliphatic rings. The smallest absolute Gasteiger partial charge is 0.372 e. The predicted molar refractivity (Wildman–Crippen MR) is 56.5 cm³/mol. The van der Waals surface area contributed by atoms with E-state index < -0.39 is 23.8 Å². The fourth-order valence-electron chi connectivity index (χ4n) is 1.18. The molecule has 94 valence electrons. The van der Waals surface area contributed by atoms with Gasteiger partial charge in [0.05, 0.1) is 11.3 Å². The highest BCUT2D eigenvalue weighted by Crippen LogP contribution is 2.34. The van der Waals surface area contributed by atoms with Gasteiger partial charge in [0.2, 0.25) is 0 Å². The van der Waals surface area contributed by atoms with Gasteiger partial charge >= 0.3 is 6.18 Å². The van der Waals surface area contributed by atoms with Gasteiger partial charge < -0.3 is 10.1 Å². The number of hydrogen-bond acceptors (Lipinski definition) is 2. The number of benzene rings is 1. The molecule has 0 aromatic heterocycles. The van der Waals surface area contributed by atoms with Crippen molar-refractivity contribution in [3.63, 3.8) is 0 Å². The van der Waals surface area contributed by atoms with E-state index in [1.807, 2.05) is 0 Å². The maximum absolute atomic E-state index is 12.6. The van der Waals surface area contributed by atoms with Gasteiger partial charge in [-0.15, -0.1) is 0 Å².